The van der Waals surface area contributed by atoms with Gasteiger partial charge < -0.3 is 19.5 Å². The molecule has 0 bridgehead atoms. The van der Waals surface area contributed by atoms with Crippen LogP contribution in [-0.2, 0) is 6.54 Å². The van der Waals surface area contributed by atoms with Crippen molar-refractivity contribution in [3.05, 3.63) is 66.1 Å². The minimum atomic E-state index is -0.272. The molecule has 2 aromatic carbocycles. The first-order chi connectivity index (χ1) is 18.1. The zero-order valence-corrected chi connectivity index (χ0v) is 21.4. The number of rotatable bonds is 11. The first-order valence-corrected chi connectivity index (χ1v) is 12.7. The summed E-state index contributed by atoms with van der Waals surface area (Å²) in [5.74, 6) is 2.62. The summed E-state index contributed by atoms with van der Waals surface area (Å²) in [6.45, 7) is 7.69. The third-order valence-electron chi connectivity index (χ3n) is 6.24. The standard InChI is InChI=1S/C29H33FN4O3/c1-3-35-26-17-21(18-27(36-4-2)29(26)22-5-7-23(30)8-6-22)20-34-14-11-24(12-15-34)33-28-10-9-25(19-32-28)37-16-13-31/h5-10,17-19,24H,3-4,11-12,14-16,20H2,1-2H3,(H,32,33). The second-order valence-electron chi connectivity index (χ2n) is 8.86. The highest BCUT2D eigenvalue weighted by atomic mass is 19.1. The predicted octanol–water partition coefficient (Wildman–Crippen LogP) is 5.66. The molecule has 7 nitrogen and oxygen atoms in total. The Morgan fingerprint density at radius 2 is 1.68 bits per heavy atom. The van der Waals surface area contributed by atoms with Gasteiger partial charge in [-0.15, -0.1) is 0 Å². The lowest BCUT2D eigenvalue weighted by molar-refractivity contribution is 0.210. The zero-order chi connectivity index (χ0) is 26.0. The van der Waals surface area contributed by atoms with E-state index in [2.05, 4.69) is 27.3 Å². The van der Waals surface area contributed by atoms with Crippen molar-refractivity contribution in [2.75, 3.05) is 38.2 Å². The molecule has 8 heteroatoms. The van der Waals surface area contributed by atoms with Crippen LogP contribution in [-0.4, -0.2) is 48.8 Å². The Morgan fingerprint density at radius 3 is 2.24 bits per heavy atom. The number of hydrogen-bond donors (Lipinski definition) is 1. The van der Waals surface area contributed by atoms with Crippen molar-refractivity contribution in [1.29, 1.82) is 5.26 Å². The molecule has 1 aromatic heterocycles. The topological polar surface area (TPSA) is 79.6 Å². The molecule has 4 rings (SSSR count). The van der Waals surface area contributed by atoms with Crippen molar-refractivity contribution >= 4 is 5.82 Å². The van der Waals surface area contributed by atoms with Gasteiger partial charge in [0, 0.05) is 25.7 Å². The summed E-state index contributed by atoms with van der Waals surface area (Å²) in [4.78, 5) is 6.83. The molecule has 1 fully saturated rings. The zero-order valence-electron chi connectivity index (χ0n) is 21.4. The van der Waals surface area contributed by atoms with Gasteiger partial charge in [-0.25, -0.2) is 9.37 Å². The third-order valence-corrected chi connectivity index (χ3v) is 6.24. The van der Waals surface area contributed by atoms with Crippen LogP contribution in [0.1, 0.15) is 32.3 Å². The summed E-state index contributed by atoms with van der Waals surface area (Å²) in [7, 11) is 0. The number of nitrogens with zero attached hydrogens (tertiary/aromatic N) is 3. The molecule has 37 heavy (non-hydrogen) atoms. The molecule has 0 unspecified atom stereocenters. The summed E-state index contributed by atoms with van der Waals surface area (Å²) in [5.41, 5.74) is 2.84. The second-order valence-corrected chi connectivity index (χ2v) is 8.86. The number of anilines is 1. The summed E-state index contributed by atoms with van der Waals surface area (Å²) >= 11 is 0. The number of halogens is 1. The molecule has 194 valence electrons. The fourth-order valence-electron chi connectivity index (χ4n) is 4.54. The Labute approximate surface area is 217 Å². The van der Waals surface area contributed by atoms with E-state index in [0.29, 0.717) is 25.0 Å². The SMILES string of the molecule is CCOc1cc(CN2CCC(Nc3ccc(OCC#N)cn3)CC2)cc(OCC)c1-c1ccc(F)cc1. The maximum atomic E-state index is 13.5. The Kier molecular flexibility index (Phi) is 9.17. The average molecular weight is 505 g/mol. The lowest BCUT2D eigenvalue weighted by atomic mass is 9.99. The maximum absolute atomic E-state index is 13.5. The van der Waals surface area contributed by atoms with Gasteiger partial charge in [-0.3, -0.25) is 4.90 Å². The van der Waals surface area contributed by atoms with E-state index in [1.807, 2.05) is 32.0 Å². The minimum Gasteiger partial charge on any atom is -0.493 e. The fourth-order valence-corrected chi connectivity index (χ4v) is 4.54. The normalized spacial score (nSPS) is 14.1. The quantitative estimate of drug-likeness (QED) is 0.361. The first kappa shape index (κ1) is 26.2. The highest BCUT2D eigenvalue weighted by Gasteiger charge is 2.22. The molecule has 1 aliphatic heterocycles. The van der Waals surface area contributed by atoms with E-state index in [-0.39, 0.29) is 12.4 Å². The Balaban J connectivity index is 1.41. The lowest BCUT2D eigenvalue weighted by Crippen LogP contribution is -2.38. The van der Waals surface area contributed by atoms with Crippen molar-refractivity contribution in [3.63, 3.8) is 0 Å². The molecule has 3 aromatic rings. The van der Waals surface area contributed by atoms with Crippen molar-refractivity contribution in [2.24, 2.45) is 0 Å². The highest BCUT2D eigenvalue weighted by molar-refractivity contribution is 5.77. The molecule has 1 N–H and O–H groups in total. The van der Waals surface area contributed by atoms with Gasteiger partial charge in [0.15, 0.2) is 6.61 Å². The number of pyridine rings is 1. The fraction of sp³-hybridized carbons (Fsp3) is 0.379. The molecular formula is C29H33FN4O3. The third kappa shape index (κ3) is 7.11. The van der Waals surface area contributed by atoms with Crippen LogP contribution in [0.25, 0.3) is 11.1 Å². The van der Waals surface area contributed by atoms with Crippen LogP contribution in [0.5, 0.6) is 17.2 Å². The van der Waals surface area contributed by atoms with Gasteiger partial charge in [-0.1, -0.05) is 12.1 Å². The van der Waals surface area contributed by atoms with Gasteiger partial charge >= 0.3 is 0 Å². The van der Waals surface area contributed by atoms with Crippen LogP contribution >= 0.6 is 0 Å². The predicted molar refractivity (Wildman–Crippen MR) is 141 cm³/mol. The van der Waals surface area contributed by atoms with Gasteiger partial charge in [0.1, 0.15) is 35.0 Å². The van der Waals surface area contributed by atoms with Gasteiger partial charge in [-0.2, -0.15) is 5.26 Å². The van der Waals surface area contributed by atoms with E-state index < -0.39 is 0 Å². The van der Waals surface area contributed by atoms with Crippen molar-refractivity contribution in [3.8, 4) is 34.4 Å². The van der Waals surface area contributed by atoms with E-state index in [1.54, 1.807) is 18.3 Å². The van der Waals surface area contributed by atoms with E-state index in [4.69, 9.17) is 19.5 Å². The Morgan fingerprint density at radius 1 is 1.00 bits per heavy atom. The smallest absolute Gasteiger partial charge is 0.174 e. The molecule has 0 amide bonds. The van der Waals surface area contributed by atoms with Crippen LogP contribution in [0.3, 0.4) is 0 Å². The lowest BCUT2D eigenvalue weighted by Gasteiger charge is -2.33. The number of aromatic nitrogens is 1. The number of hydrogen-bond acceptors (Lipinski definition) is 7. The number of nitrogens with one attached hydrogen (secondary N) is 1. The molecule has 0 radical (unpaired) electrons. The molecule has 1 aliphatic rings. The Bertz CT molecular complexity index is 1160. The second kappa shape index (κ2) is 12.9. The highest BCUT2D eigenvalue weighted by Crippen LogP contribution is 2.40. The summed E-state index contributed by atoms with van der Waals surface area (Å²) in [6, 6.07) is 16.6. The van der Waals surface area contributed by atoms with Crippen LogP contribution in [0.15, 0.2) is 54.7 Å². The number of nitriles is 1. The molecule has 0 saturated carbocycles. The number of benzene rings is 2. The molecule has 0 atom stereocenters. The van der Waals surface area contributed by atoms with Crippen molar-refractivity contribution < 1.29 is 18.6 Å². The van der Waals surface area contributed by atoms with Crippen LogP contribution in [0.4, 0.5) is 10.2 Å². The van der Waals surface area contributed by atoms with E-state index in [9.17, 15) is 4.39 Å². The van der Waals surface area contributed by atoms with Gasteiger partial charge in [0.2, 0.25) is 0 Å². The molecule has 2 heterocycles. The number of piperidine rings is 1. The van der Waals surface area contributed by atoms with Crippen LogP contribution in [0, 0.1) is 17.1 Å². The molecule has 0 spiro atoms. The van der Waals surface area contributed by atoms with Gasteiger partial charge in [0.25, 0.3) is 0 Å². The van der Waals surface area contributed by atoms with Crippen molar-refractivity contribution in [2.45, 2.75) is 39.3 Å². The molecular weight excluding hydrogens is 471 g/mol. The monoisotopic (exact) mass is 504 g/mol. The largest absolute Gasteiger partial charge is 0.493 e. The first-order valence-electron chi connectivity index (χ1n) is 12.7. The van der Waals surface area contributed by atoms with E-state index >= 15 is 0 Å². The Hall–Kier alpha value is -3.83. The summed E-state index contributed by atoms with van der Waals surface area (Å²) < 4.78 is 30.8. The van der Waals surface area contributed by atoms with Crippen molar-refractivity contribution in [1.82, 2.24) is 9.88 Å². The van der Waals surface area contributed by atoms with Gasteiger partial charge in [-0.05, 0) is 74.2 Å². The van der Waals surface area contributed by atoms with Gasteiger partial charge in [0.05, 0.1) is 25.0 Å². The minimum absolute atomic E-state index is 0.0139. The van der Waals surface area contributed by atoms with E-state index in [1.165, 1.54) is 12.1 Å². The molecule has 1 saturated heterocycles. The average Bonchev–Trinajstić information content (AvgIpc) is 2.91. The maximum Gasteiger partial charge on any atom is 0.174 e. The number of ether oxygens (including phenoxy) is 3. The molecule has 0 aliphatic carbocycles. The van der Waals surface area contributed by atoms with Crippen LogP contribution < -0.4 is 19.5 Å². The van der Waals surface area contributed by atoms with Crippen LogP contribution in [0.2, 0.25) is 0 Å². The number of likely N-dealkylation sites (tertiary alicyclic amines) is 1. The summed E-state index contributed by atoms with van der Waals surface area (Å²) in [5, 5.41) is 12.1. The van der Waals surface area contributed by atoms with E-state index in [0.717, 1.165) is 66.5 Å². The summed E-state index contributed by atoms with van der Waals surface area (Å²) in [6.07, 6.45) is 3.63.